The molecule has 0 bridgehead atoms. The zero-order valence-corrected chi connectivity index (χ0v) is 19.9. The fourth-order valence-corrected chi connectivity index (χ4v) is 3.69. The Balaban J connectivity index is 0.00000364. The molecule has 0 unspecified atom stereocenters. The van der Waals surface area contributed by atoms with Gasteiger partial charge in [-0.05, 0) is 30.5 Å². The lowest BCUT2D eigenvalue weighted by Gasteiger charge is -2.28. The van der Waals surface area contributed by atoms with Crippen LogP contribution in [0.5, 0.6) is 0 Å². The van der Waals surface area contributed by atoms with Crippen LogP contribution < -0.4 is 15.5 Å². The average Bonchev–Trinajstić information content (AvgIpc) is 2.70. The van der Waals surface area contributed by atoms with Crippen molar-refractivity contribution in [3.63, 3.8) is 0 Å². The molecule has 2 N–H and O–H groups in total. The third-order valence-corrected chi connectivity index (χ3v) is 5.34. The zero-order valence-electron chi connectivity index (χ0n) is 16.7. The topological polar surface area (TPSA) is 48.9 Å². The largest absolute Gasteiger partial charge is 0.381 e. The maximum Gasteiger partial charge on any atom is 0.191 e. The number of anilines is 1. The summed E-state index contributed by atoms with van der Waals surface area (Å²) in [6.07, 6.45) is 3.33. The minimum atomic E-state index is 0. The molecule has 1 aromatic carbocycles. The van der Waals surface area contributed by atoms with Crippen molar-refractivity contribution in [3.05, 3.63) is 29.8 Å². The summed E-state index contributed by atoms with van der Waals surface area (Å²) in [4.78, 5) is 6.75. The van der Waals surface area contributed by atoms with Gasteiger partial charge in [0.05, 0.1) is 0 Å². The Bertz CT molecular complexity index is 521. The number of hydrogen-bond acceptors (Lipinski definition) is 4. The first-order chi connectivity index (χ1) is 12.8. The summed E-state index contributed by atoms with van der Waals surface area (Å²) < 4.78 is 5.57. The molecule has 0 amide bonds. The van der Waals surface area contributed by atoms with Crippen LogP contribution in [0.25, 0.3) is 0 Å². The van der Waals surface area contributed by atoms with Crippen LogP contribution in [0.4, 0.5) is 5.69 Å². The molecule has 0 spiro atoms. The zero-order chi connectivity index (χ0) is 18.5. The second kappa shape index (κ2) is 15.3. The van der Waals surface area contributed by atoms with E-state index < -0.39 is 0 Å². The van der Waals surface area contributed by atoms with Gasteiger partial charge >= 0.3 is 0 Å². The molecule has 0 aromatic heterocycles. The predicted molar refractivity (Wildman–Crippen MR) is 130 cm³/mol. The summed E-state index contributed by atoms with van der Waals surface area (Å²) in [5.41, 5.74) is 2.60. The summed E-state index contributed by atoms with van der Waals surface area (Å²) in [7, 11) is 1.81. The number of hydrogen-bond donors (Lipinski definition) is 2. The highest BCUT2D eigenvalue weighted by Crippen LogP contribution is 2.19. The third-order valence-electron chi connectivity index (χ3n) is 4.40. The van der Waals surface area contributed by atoms with E-state index in [1.807, 2.05) is 18.8 Å². The van der Waals surface area contributed by atoms with Crippen molar-refractivity contribution in [2.24, 2.45) is 4.99 Å². The molecule has 0 radical (unpaired) electrons. The number of aliphatic imine (C=N–C) groups is 1. The summed E-state index contributed by atoms with van der Waals surface area (Å²) in [5, 5.41) is 6.72. The van der Waals surface area contributed by atoms with Crippen LogP contribution in [0.2, 0.25) is 0 Å². The molecule has 1 fully saturated rings. The third kappa shape index (κ3) is 9.89. The van der Waals surface area contributed by atoms with E-state index in [4.69, 9.17) is 4.74 Å². The molecule has 5 nitrogen and oxygen atoms in total. The molecule has 0 saturated carbocycles. The Hall–Kier alpha value is -0.670. The second-order valence-corrected chi connectivity index (χ2v) is 7.66. The number of unbranched alkanes of at least 4 members (excludes halogenated alkanes) is 1. The lowest BCUT2D eigenvalue weighted by Crippen LogP contribution is -2.37. The van der Waals surface area contributed by atoms with Crippen molar-refractivity contribution in [2.75, 3.05) is 56.3 Å². The Kier molecular flexibility index (Phi) is 13.8. The lowest BCUT2D eigenvalue weighted by atomic mass is 10.2. The highest BCUT2D eigenvalue weighted by molar-refractivity contribution is 14.0. The van der Waals surface area contributed by atoms with E-state index in [1.54, 1.807) is 0 Å². The van der Waals surface area contributed by atoms with E-state index in [-0.39, 0.29) is 24.0 Å². The van der Waals surface area contributed by atoms with E-state index >= 15 is 0 Å². The molecule has 7 heteroatoms. The van der Waals surface area contributed by atoms with Crippen LogP contribution in [-0.4, -0.2) is 57.4 Å². The van der Waals surface area contributed by atoms with Gasteiger partial charge < -0.3 is 20.3 Å². The lowest BCUT2D eigenvalue weighted by molar-refractivity contribution is 0.129. The highest BCUT2D eigenvalue weighted by atomic mass is 127. The fourth-order valence-electron chi connectivity index (χ4n) is 2.78. The molecule has 154 valence electrons. The Morgan fingerprint density at radius 1 is 1.11 bits per heavy atom. The smallest absolute Gasteiger partial charge is 0.191 e. The number of halogens is 1. The number of thioether (sulfide) groups is 1. The van der Waals surface area contributed by atoms with Crippen LogP contribution in [0.3, 0.4) is 0 Å². The molecular weight excluding hydrogens is 471 g/mol. The summed E-state index contributed by atoms with van der Waals surface area (Å²) in [6, 6.07) is 8.88. The van der Waals surface area contributed by atoms with E-state index in [2.05, 4.69) is 51.7 Å². The van der Waals surface area contributed by atoms with Gasteiger partial charge in [-0.3, -0.25) is 4.99 Å². The normalized spacial score (nSPS) is 14.6. The van der Waals surface area contributed by atoms with Crippen LogP contribution in [0, 0.1) is 0 Å². The molecule has 1 saturated heterocycles. The number of nitrogens with one attached hydrogen (secondary N) is 2. The standard InChI is InChI=1S/C20H34N4OS.HI/c1-3-4-13-25-14-5-10-22-20(21-2)23-17-18-6-8-19(9-7-18)24-11-15-26-16-12-24;/h6-9H,3-5,10-17H2,1-2H3,(H2,21,22,23);1H. The van der Waals surface area contributed by atoms with Crippen molar-refractivity contribution < 1.29 is 4.74 Å². The number of guanidine groups is 1. The Labute approximate surface area is 186 Å². The van der Waals surface area contributed by atoms with Gasteiger partial charge in [-0.2, -0.15) is 11.8 Å². The first-order valence-corrected chi connectivity index (χ1v) is 10.9. The van der Waals surface area contributed by atoms with Crippen LogP contribution >= 0.6 is 35.7 Å². The van der Waals surface area contributed by atoms with E-state index in [0.29, 0.717) is 0 Å². The van der Waals surface area contributed by atoms with Crippen molar-refractivity contribution in [3.8, 4) is 0 Å². The predicted octanol–water partition coefficient (Wildman–Crippen LogP) is 3.73. The maximum atomic E-state index is 5.57. The molecule has 2 rings (SSSR count). The number of ether oxygens (including phenoxy) is 1. The summed E-state index contributed by atoms with van der Waals surface area (Å²) in [6.45, 7) is 7.82. The Morgan fingerprint density at radius 3 is 2.48 bits per heavy atom. The van der Waals surface area contributed by atoms with E-state index in [0.717, 1.165) is 58.2 Å². The SMILES string of the molecule is CCCCOCCCNC(=NC)NCc1ccc(N2CCSCC2)cc1.I. The van der Waals surface area contributed by atoms with Crippen LogP contribution in [-0.2, 0) is 11.3 Å². The molecule has 1 aliphatic rings. The van der Waals surface area contributed by atoms with Gasteiger partial charge in [0.1, 0.15) is 0 Å². The van der Waals surface area contributed by atoms with Crippen molar-refractivity contribution in [1.82, 2.24) is 10.6 Å². The van der Waals surface area contributed by atoms with Crippen molar-refractivity contribution >= 4 is 47.4 Å². The van der Waals surface area contributed by atoms with Gasteiger partial charge in [0.2, 0.25) is 0 Å². The van der Waals surface area contributed by atoms with Gasteiger partial charge in [0.25, 0.3) is 0 Å². The second-order valence-electron chi connectivity index (χ2n) is 6.44. The van der Waals surface area contributed by atoms with Crippen molar-refractivity contribution in [1.29, 1.82) is 0 Å². The molecule has 0 atom stereocenters. The maximum absolute atomic E-state index is 5.57. The van der Waals surface area contributed by atoms with Gasteiger partial charge in [-0.1, -0.05) is 25.5 Å². The first kappa shape index (κ1) is 24.4. The minimum Gasteiger partial charge on any atom is -0.381 e. The minimum absolute atomic E-state index is 0. The number of benzene rings is 1. The molecule has 1 aromatic rings. The van der Waals surface area contributed by atoms with Crippen molar-refractivity contribution in [2.45, 2.75) is 32.7 Å². The molecule has 1 aliphatic heterocycles. The molecule has 0 aliphatic carbocycles. The van der Waals surface area contributed by atoms with Gasteiger partial charge in [-0.15, -0.1) is 24.0 Å². The molecule has 27 heavy (non-hydrogen) atoms. The quantitative estimate of drug-likeness (QED) is 0.219. The summed E-state index contributed by atoms with van der Waals surface area (Å²) >= 11 is 2.04. The molecular formula is C20H35IN4OS. The van der Waals surface area contributed by atoms with Gasteiger partial charge in [0.15, 0.2) is 5.96 Å². The van der Waals surface area contributed by atoms with Gasteiger partial charge in [-0.25, -0.2) is 0 Å². The van der Waals surface area contributed by atoms with Crippen LogP contribution in [0.15, 0.2) is 29.3 Å². The van der Waals surface area contributed by atoms with E-state index in [9.17, 15) is 0 Å². The molecule has 1 heterocycles. The number of nitrogens with zero attached hydrogens (tertiary/aromatic N) is 2. The summed E-state index contributed by atoms with van der Waals surface area (Å²) in [5.74, 6) is 3.31. The van der Waals surface area contributed by atoms with Gasteiger partial charge in [0, 0.05) is 63.6 Å². The average molecular weight is 506 g/mol. The number of rotatable bonds is 10. The van der Waals surface area contributed by atoms with E-state index in [1.165, 1.54) is 29.2 Å². The fraction of sp³-hybridized carbons (Fsp3) is 0.650. The van der Waals surface area contributed by atoms with Crippen LogP contribution in [0.1, 0.15) is 31.7 Å². The first-order valence-electron chi connectivity index (χ1n) is 9.77. The Morgan fingerprint density at radius 2 is 1.81 bits per heavy atom. The highest BCUT2D eigenvalue weighted by Gasteiger charge is 2.10. The monoisotopic (exact) mass is 506 g/mol.